The zero-order valence-corrected chi connectivity index (χ0v) is 19.9. The van der Waals surface area contributed by atoms with Gasteiger partial charge in [0.05, 0.1) is 6.61 Å². The Hall–Kier alpha value is -0.860. The number of hydrogen-bond acceptors (Lipinski definition) is 3. The van der Waals surface area contributed by atoms with Gasteiger partial charge in [0.15, 0.2) is 0 Å². The Morgan fingerprint density at radius 3 is 1.97 bits per heavy atom. The first kappa shape index (κ1) is 23.8. The van der Waals surface area contributed by atoms with Gasteiger partial charge in [0.1, 0.15) is 11.2 Å². The molecular formula is C27H46O3. The summed E-state index contributed by atoms with van der Waals surface area (Å²) < 4.78 is 5.19. The summed E-state index contributed by atoms with van der Waals surface area (Å²) >= 11 is 0. The third-order valence-corrected chi connectivity index (χ3v) is 9.06. The third kappa shape index (κ3) is 5.68. The monoisotopic (exact) mass is 418 g/mol. The number of Topliss-reactive ketones (excluding diaryl/α,β-unsaturated/α-hetero) is 1. The maximum Gasteiger partial charge on any atom is 0.319 e. The van der Waals surface area contributed by atoms with Gasteiger partial charge in [-0.25, -0.2) is 0 Å². The summed E-state index contributed by atoms with van der Waals surface area (Å²) in [6, 6.07) is 0. The van der Waals surface area contributed by atoms with E-state index < -0.39 is 5.41 Å². The highest BCUT2D eigenvalue weighted by Gasteiger charge is 2.47. The van der Waals surface area contributed by atoms with Crippen molar-refractivity contribution in [3.05, 3.63) is 0 Å². The normalized spacial score (nSPS) is 37.7. The van der Waals surface area contributed by atoms with Crippen molar-refractivity contribution in [2.24, 2.45) is 35.0 Å². The number of ether oxygens (including phenoxy) is 1. The Labute approximate surface area is 185 Å². The summed E-state index contributed by atoms with van der Waals surface area (Å²) in [5.41, 5.74) is -0.889. The van der Waals surface area contributed by atoms with E-state index in [-0.39, 0.29) is 11.8 Å². The molecule has 30 heavy (non-hydrogen) atoms. The maximum atomic E-state index is 12.8. The number of ketones is 1. The zero-order valence-electron chi connectivity index (χ0n) is 19.9. The number of rotatable bonds is 8. The molecule has 0 N–H and O–H groups in total. The van der Waals surface area contributed by atoms with Gasteiger partial charge < -0.3 is 4.74 Å². The first-order valence-corrected chi connectivity index (χ1v) is 13.2. The lowest BCUT2D eigenvalue weighted by molar-refractivity contribution is -0.162. The van der Waals surface area contributed by atoms with Crippen molar-refractivity contribution in [3.8, 4) is 0 Å². The molecule has 0 aliphatic heterocycles. The average molecular weight is 419 g/mol. The van der Waals surface area contributed by atoms with Crippen molar-refractivity contribution < 1.29 is 14.3 Å². The van der Waals surface area contributed by atoms with E-state index in [4.69, 9.17) is 4.74 Å². The van der Waals surface area contributed by atoms with E-state index in [0.717, 1.165) is 24.2 Å². The topological polar surface area (TPSA) is 43.4 Å². The highest BCUT2D eigenvalue weighted by atomic mass is 16.5. The van der Waals surface area contributed by atoms with E-state index in [1.54, 1.807) is 6.92 Å². The Kier molecular flexibility index (Phi) is 8.83. The summed E-state index contributed by atoms with van der Waals surface area (Å²) in [6.45, 7) is 6.28. The second-order valence-electron chi connectivity index (χ2n) is 10.9. The summed E-state index contributed by atoms with van der Waals surface area (Å²) in [6.07, 6.45) is 19.1. The molecular weight excluding hydrogens is 372 g/mol. The molecule has 3 saturated carbocycles. The molecule has 0 heterocycles. The van der Waals surface area contributed by atoms with Crippen molar-refractivity contribution in [2.75, 3.05) is 6.61 Å². The smallest absolute Gasteiger partial charge is 0.319 e. The van der Waals surface area contributed by atoms with Crippen LogP contribution in [0.25, 0.3) is 0 Å². The second-order valence-corrected chi connectivity index (χ2v) is 10.9. The van der Waals surface area contributed by atoms with Gasteiger partial charge in [-0.1, -0.05) is 45.4 Å². The van der Waals surface area contributed by atoms with Crippen LogP contribution in [0.5, 0.6) is 0 Å². The molecule has 0 spiro atoms. The minimum Gasteiger partial charge on any atom is -0.465 e. The molecule has 3 aliphatic carbocycles. The minimum atomic E-state index is -0.889. The van der Waals surface area contributed by atoms with Crippen LogP contribution >= 0.6 is 0 Å². The Morgan fingerprint density at radius 2 is 1.43 bits per heavy atom. The number of esters is 1. The number of carbonyl (C=O) groups is 2. The van der Waals surface area contributed by atoms with E-state index >= 15 is 0 Å². The van der Waals surface area contributed by atoms with Crippen LogP contribution in [-0.2, 0) is 14.3 Å². The largest absolute Gasteiger partial charge is 0.465 e. The lowest BCUT2D eigenvalue weighted by Crippen LogP contribution is -2.44. The SMILES string of the molecule is CCCCC[C@H]1CC[C@H](C2CCC(C3CC[C@](C)(C(=O)OCC)C(=O)C3)CC2)CC1. The van der Waals surface area contributed by atoms with E-state index in [9.17, 15) is 9.59 Å². The van der Waals surface area contributed by atoms with Crippen LogP contribution < -0.4 is 0 Å². The molecule has 0 bridgehead atoms. The predicted octanol–water partition coefficient (Wildman–Crippen LogP) is 7.12. The van der Waals surface area contributed by atoms with Gasteiger partial charge in [-0.2, -0.15) is 0 Å². The summed E-state index contributed by atoms with van der Waals surface area (Å²) in [7, 11) is 0. The quantitative estimate of drug-likeness (QED) is 0.239. The van der Waals surface area contributed by atoms with Gasteiger partial charge in [0.25, 0.3) is 0 Å². The molecule has 3 heteroatoms. The molecule has 0 radical (unpaired) electrons. The Bertz CT molecular complexity index is 554. The first-order valence-electron chi connectivity index (χ1n) is 13.2. The molecule has 3 nitrogen and oxygen atoms in total. The molecule has 3 rings (SSSR count). The molecule has 0 saturated heterocycles. The number of carbonyl (C=O) groups excluding carboxylic acids is 2. The van der Waals surface area contributed by atoms with Crippen molar-refractivity contribution in [1.82, 2.24) is 0 Å². The fourth-order valence-corrected chi connectivity index (χ4v) is 6.81. The van der Waals surface area contributed by atoms with E-state index in [0.29, 0.717) is 31.3 Å². The number of hydrogen-bond donors (Lipinski definition) is 0. The van der Waals surface area contributed by atoms with Crippen molar-refractivity contribution in [3.63, 3.8) is 0 Å². The van der Waals surface area contributed by atoms with Gasteiger partial charge >= 0.3 is 5.97 Å². The fraction of sp³-hybridized carbons (Fsp3) is 0.926. The zero-order chi connectivity index (χ0) is 21.6. The third-order valence-electron chi connectivity index (χ3n) is 9.06. The molecule has 3 fully saturated rings. The maximum absolute atomic E-state index is 12.8. The molecule has 2 atom stereocenters. The molecule has 0 amide bonds. The summed E-state index contributed by atoms with van der Waals surface area (Å²) in [5.74, 6) is 3.92. The van der Waals surface area contributed by atoms with E-state index in [1.165, 1.54) is 77.0 Å². The predicted molar refractivity (Wildman–Crippen MR) is 122 cm³/mol. The molecule has 0 aromatic carbocycles. The summed E-state index contributed by atoms with van der Waals surface area (Å²) in [4.78, 5) is 25.1. The van der Waals surface area contributed by atoms with E-state index in [2.05, 4.69) is 6.92 Å². The molecule has 3 aliphatic rings. The van der Waals surface area contributed by atoms with Crippen LogP contribution in [0.3, 0.4) is 0 Å². The molecule has 0 aromatic rings. The minimum absolute atomic E-state index is 0.126. The highest BCUT2D eigenvalue weighted by molar-refractivity contribution is 6.03. The van der Waals surface area contributed by atoms with Gasteiger partial charge in [0, 0.05) is 6.42 Å². The Morgan fingerprint density at radius 1 is 0.867 bits per heavy atom. The van der Waals surface area contributed by atoms with Gasteiger partial charge in [-0.05, 0) is 94.8 Å². The molecule has 172 valence electrons. The fourth-order valence-electron chi connectivity index (χ4n) is 6.81. The van der Waals surface area contributed by atoms with Crippen LogP contribution in [0, 0.1) is 35.0 Å². The van der Waals surface area contributed by atoms with Gasteiger partial charge in [0.2, 0.25) is 0 Å². The summed E-state index contributed by atoms with van der Waals surface area (Å²) in [5, 5.41) is 0. The van der Waals surface area contributed by atoms with Crippen LogP contribution in [-0.4, -0.2) is 18.4 Å². The standard InChI is InChI=1S/C27H46O3/c1-4-6-7-8-20-9-11-21(12-10-20)22-13-15-23(16-14-22)24-17-18-27(3,25(28)19-24)26(29)30-5-2/h20-24H,4-19H2,1-3H3/t20-,21-,22?,23?,24?,27-/m0/s1. The van der Waals surface area contributed by atoms with E-state index in [1.807, 2.05) is 6.92 Å². The highest BCUT2D eigenvalue weighted by Crippen LogP contribution is 2.47. The Balaban J connectivity index is 1.40. The number of unbranched alkanes of at least 4 members (excludes halogenated alkanes) is 2. The average Bonchev–Trinajstić information content (AvgIpc) is 2.77. The van der Waals surface area contributed by atoms with Crippen molar-refractivity contribution in [2.45, 2.75) is 117 Å². The second kappa shape index (κ2) is 11.1. The van der Waals surface area contributed by atoms with Gasteiger partial charge in [-0.3, -0.25) is 9.59 Å². The van der Waals surface area contributed by atoms with Crippen LogP contribution in [0.1, 0.15) is 117 Å². The van der Waals surface area contributed by atoms with Crippen molar-refractivity contribution >= 4 is 11.8 Å². The molecule has 1 unspecified atom stereocenters. The van der Waals surface area contributed by atoms with Crippen LogP contribution in [0.15, 0.2) is 0 Å². The lowest BCUT2D eigenvalue weighted by Gasteiger charge is -2.42. The van der Waals surface area contributed by atoms with Gasteiger partial charge in [-0.15, -0.1) is 0 Å². The van der Waals surface area contributed by atoms with Crippen LogP contribution in [0.2, 0.25) is 0 Å². The van der Waals surface area contributed by atoms with Crippen LogP contribution in [0.4, 0.5) is 0 Å². The lowest BCUT2D eigenvalue weighted by atomic mass is 9.62. The first-order chi connectivity index (χ1) is 14.5. The van der Waals surface area contributed by atoms with Crippen molar-refractivity contribution in [1.29, 1.82) is 0 Å². The molecule has 0 aromatic heterocycles.